The van der Waals surface area contributed by atoms with E-state index in [1.807, 2.05) is 0 Å². The molecule has 1 heterocycles. The number of carboxylic acid groups (broad SMARTS) is 1. The van der Waals surface area contributed by atoms with Gasteiger partial charge in [-0.1, -0.05) is 0 Å². The second-order valence-electron chi connectivity index (χ2n) is 4.18. The molecule has 1 atom stereocenters. The summed E-state index contributed by atoms with van der Waals surface area (Å²) in [7, 11) is 1.13. The summed E-state index contributed by atoms with van der Waals surface area (Å²) in [5.74, 6) is -2.34. The van der Waals surface area contributed by atoms with Crippen LogP contribution in [0.15, 0.2) is 6.20 Å². The highest BCUT2D eigenvalue weighted by molar-refractivity contribution is 5.97. The Morgan fingerprint density at radius 2 is 2.05 bits per heavy atom. The minimum absolute atomic E-state index is 0.161. The lowest BCUT2D eigenvalue weighted by atomic mass is 10.2. The van der Waals surface area contributed by atoms with Gasteiger partial charge in [-0.25, -0.2) is 4.79 Å². The standard InChI is InChI=1S/C11H14F3N3O3/c1-4-17-5-7(8(15-17)11(12,13)14)9(18)16(3)6(2)10(19)20/h5-6H,4H2,1-3H3,(H,19,20). The van der Waals surface area contributed by atoms with Gasteiger partial charge in [0.15, 0.2) is 5.69 Å². The number of aryl methyl sites for hydroxylation is 1. The van der Waals surface area contributed by atoms with E-state index >= 15 is 0 Å². The van der Waals surface area contributed by atoms with Gasteiger partial charge in [0.05, 0.1) is 5.56 Å². The van der Waals surface area contributed by atoms with Crippen molar-refractivity contribution in [1.82, 2.24) is 14.7 Å². The molecule has 6 nitrogen and oxygen atoms in total. The molecule has 112 valence electrons. The van der Waals surface area contributed by atoms with Crippen LogP contribution in [0.3, 0.4) is 0 Å². The lowest BCUT2D eigenvalue weighted by molar-refractivity contribution is -0.141. The molecule has 0 saturated carbocycles. The predicted molar refractivity (Wildman–Crippen MR) is 62.1 cm³/mol. The maximum absolute atomic E-state index is 12.8. The Morgan fingerprint density at radius 3 is 2.45 bits per heavy atom. The molecule has 0 aliphatic heterocycles. The van der Waals surface area contributed by atoms with Gasteiger partial charge in [0.25, 0.3) is 5.91 Å². The van der Waals surface area contributed by atoms with Crippen molar-refractivity contribution in [3.63, 3.8) is 0 Å². The van der Waals surface area contributed by atoms with Crippen molar-refractivity contribution in [3.8, 4) is 0 Å². The number of carbonyl (C=O) groups is 2. The highest BCUT2D eigenvalue weighted by Gasteiger charge is 2.40. The summed E-state index contributed by atoms with van der Waals surface area (Å²) in [4.78, 5) is 23.5. The van der Waals surface area contributed by atoms with Gasteiger partial charge < -0.3 is 10.0 Å². The summed E-state index contributed by atoms with van der Waals surface area (Å²) in [5.41, 5.74) is -1.97. The number of halogens is 3. The summed E-state index contributed by atoms with van der Waals surface area (Å²) in [5, 5.41) is 12.1. The van der Waals surface area contributed by atoms with Crippen LogP contribution in [0.4, 0.5) is 13.2 Å². The molecule has 0 spiro atoms. The average molecular weight is 293 g/mol. The first kappa shape index (κ1) is 16.0. The number of aromatic nitrogens is 2. The van der Waals surface area contributed by atoms with E-state index in [1.165, 1.54) is 6.92 Å². The highest BCUT2D eigenvalue weighted by Crippen LogP contribution is 2.31. The molecule has 0 aliphatic carbocycles. The first-order chi connectivity index (χ1) is 9.09. The summed E-state index contributed by atoms with van der Waals surface area (Å²) in [6.45, 7) is 2.94. The fraction of sp³-hybridized carbons (Fsp3) is 0.545. The van der Waals surface area contributed by atoms with Gasteiger partial charge >= 0.3 is 12.1 Å². The zero-order chi connectivity index (χ0) is 15.7. The Hall–Kier alpha value is -2.06. The van der Waals surface area contributed by atoms with Gasteiger partial charge in [0.2, 0.25) is 0 Å². The number of carboxylic acids is 1. The molecule has 1 unspecified atom stereocenters. The largest absolute Gasteiger partial charge is 0.480 e. The van der Waals surface area contributed by atoms with Crippen molar-refractivity contribution in [2.75, 3.05) is 7.05 Å². The number of hydrogen-bond acceptors (Lipinski definition) is 3. The Balaban J connectivity index is 3.22. The number of carbonyl (C=O) groups excluding carboxylic acids is 1. The predicted octanol–water partition coefficient (Wildman–Crippen LogP) is 1.47. The number of alkyl halides is 3. The molecule has 0 radical (unpaired) electrons. The summed E-state index contributed by atoms with van der Waals surface area (Å²) in [6.07, 6.45) is -3.81. The van der Waals surface area contributed by atoms with Crippen molar-refractivity contribution in [1.29, 1.82) is 0 Å². The molecule has 0 fully saturated rings. The molecule has 1 N–H and O–H groups in total. The van der Waals surface area contributed by atoms with E-state index in [0.717, 1.165) is 22.8 Å². The number of amides is 1. The maximum Gasteiger partial charge on any atom is 0.435 e. The van der Waals surface area contributed by atoms with E-state index in [2.05, 4.69) is 5.10 Å². The van der Waals surface area contributed by atoms with Crippen molar-refractivity contribution in [2.24, 2.45) is 0 Å². The quantitative estimate of drug-likeness (QED) is 0.912. The van der Waals surface area contributed by atoms with Crippen LogP contribution in [0, 0.1) is 0 Å². The fourth-order valence-electron chi connectivity index (χ4n) is 1.48. The van der Waals surface area contributed by atoms with Gasteiger partial charge in [-0.2, -0.15) is 18.3 Å². The number of hydrogen-bond donors (Lipinski definition) is 1. The summed E-state index contributed by atoms with van der Waals surface area (Å²) in [6, 6.07) is -1.24. The normalized spacial score (nSPS) is 13.1. The van der Waals surface area contributed by atoms with Crippen LogP contribution in [-0.4, -0.2) is 44.8 Å². The first-order valence-corrected chi connectivity index (χ1v) is 5.74. The van der Waals surface area contributed by atoms with Gasteiger partial charge in [-0.3, -0.25) is 9.48 Å². The molecule has 1 aromatic heterocycles. The molecule has 9 heteroatoms. The van der Waals surface area contributed by atoms with Crippen LogP contribution in [0.25, 0.3) is 0 Å². The van der Waals surface area contributed by atoms with E-state index in [4.69, 9.17) is 5.11 Å². The zero-order valence-electron chi connectivity index (χ0n) is 11.1. The van der Waals surface area contributed by atoms with Gasteiger partial charge in [-0.05, 0) is 13.8 Å². The Morgan fingerprint density at radius 1 is 1.50 bits per heavy atom. The van der Waals surface area contributed by atoms with E-state index in [0.29, 0.717) is 0 Å². The molecular formula is C11H14F3N3O3. The molecule has 0 bridgehead atoms. The van der Waals surface area contributed by atoms with Gasteiger partial charge in [-0.15, -0.1) is 0 Å². The second kappa shape index (κ2) is 5.51. The average Bonchev–Trinajstić information content (AvgIpc) is 2.79. The number of rotatable bonds is 4. The smallest absolute Gasteiger partial charge is 0.435 e. The van der Waals surface area contributed by atoms with E-state index in [9.17, 15) is 22.8 Å². The lowest BCUT2D eigenvalue weighted by Crippen LogP contribution is -2.40. The minimum Gasteiger partial charge on any atom is -0.480 e. The lowest BCUT2D eigenvalue weighted by Gasteiger charge is -2.21. The van der Waals surface area contributed by atoms with Crippen LogP contribution in [0.1, 0.15) is 29.9 Å². The first-order valence-electron chi connectivity index (χ1n) is 5.74. The van der Waals surface area contributed by atoms with Crippen LogP contribution in [-0.2, 0) is 17.5 Å². The molecule has 0 saturated heterocycles. The Kier molecular flexibility index (Phi) is 4.41. The number of nitrogens with zero attached hydrogens (tertiary/aromatic N) is 3. The number of aliphatic carboxylic acids is 1. The Labute approximate surface area is 112 Å². The Bertz CT molecular complexity index is 525. The third kappa shape index (κ3) is 3.09. The van der Waals surface area contributed by atoms with Crippen LogP contribution < -0.4 is 0 Å². The zero-order valence-corrected chi connectivity index (χ0v) is 11.1. The van der Waals surface area contributed by atoms with Crippen LogP contribution >= 0.6 is 0 Å². The molecule has 0 aromatic carbocycles. The van der Waals surface area contributed by atoms with Gasteiger partial charge in [0.1, 0.15) is 6.04 Å². The maximum atomic E-state index is 12.8. The summed E-state index contributed by atoms with van der Waals surface area (Å²) >= 11 is 0. The third-order valence-corrected chi connectivity index (χ3v) is 2.84. The minimum atomic E-state index is -4.78. The van der Waals surface area contributed by atoms with E-state index in [-0.39, 0.29) is 6.54 Å². The molecule has 1 aromatic rings. The van der Waals surface area contributed by atoms with Crippen LogP contribution in [0.5, 0.6) is 0 Å². The number of likely N-dealkylation sites (N-methyl/N-ethyl adjacent to an activating group) is 1. The monoisotopic (exact) mass is 293 g/mol. The molecule has 1 rings (SSSR count). The van der Waals surface area contributed by atoms with Crippen molar-refractivity contribution < 1.29 is 27.9 Å². The molecule has 20 heavy (non-hydrogen) atoms. The summed E-state index contributed by atoms with van der Waals surface area (Å²) < 4.78 is 39.4. The highest BCUT2D eigenvalue weighted by atomic mass is 19.4. The fourth-order valence-corrected chi connectivity index (χ4v) is 1.48. The van der Waals surface area contributed by atoms with E-state index < -0.39 is 35.4 Å². The van der Waals surface area contributed by atoms with Gasteiger partial charge in [0, 0.05) is 19.8 Å². The van der Waals surface area contributed by atoms with Crippen LogP contribution in [0.2, 0.25) is 0 Å². The van der Waals surface area contributed by atoms with E-state index in [1.54, 1.807) is 6.92 Å². The molecule has 0 aliphatic rings. The van der Waals surface area contributed by atoms with Crippen molar-refractivity contribution in [3.05, 3.63) is 17.5 Å². The van der Waals surface area contributed by atoms with Crippen molar-refractivity contribution in [2.45, 2.75) is 32.6 Å². The second-order valence-corrected chi connectivity index (χ2v) is 4.18. The topological polar surface area (TPSA) is 75.4 Å². The van der Waals surface area contributed by atoms with Crippen molar-refractivity contribution >= 4 is 11.9 Å². The SMILES string of the molecule is CCn1cc(C(=O)N(C)C(C)C(=O)O)c(C(F)(F)F)n1. The third-order valence-electron chi connectivity index (χ3n) is 2.84. The molecule has 1 amide bonds. The molecular weight excluding hydrogens is 279 g/mol.